The molecule has 0 fully saturated rings. The highest BCUT2D eigenvalue weighted by Crippen LogP contribution is 2.06. The van der Waals surface area contributed by atoms with Crippen LogP contribution in [0.3, 0.4) is 0 Å². The Morgan fingerprint density at radius 2 is 2.12 bits per heavy atom. The quantitative estimate of drug-likeness (QED) is 0.881. The van der Waals surface area contributed by atoms with Gasteiger partial charge in [-0.05, 0) is 30.2 Å². The SMILES string of the molecule is O=C(NCCc1ccoc1)c1ccccc1F. The molecule has 1 aromatic heterocycles. The van der Waals surface area contributed by atoms with E-state index in [9.17, 15) is 9.18 Å². The molecule has 2 aromatic rings. The molecule has 0 saturated heterocycles. The normalized spacial score (nSPS) is 10.2. The summed E-state index contributed by atoms with van der Waals surface area (Å²) in [6.07, 6.45) is 3.86. The minimum Gasteiger partial charge on any atom is -0.472 e. The molecule has 88 valence electrons. The van der Waals surface area contributed by atoms with E-state index in [-0.39, 0.29) is 5.56 Å². The molecule has 3 nitrogen and oxygen atoms in total. The summed E-state index contributed by atoms with van der Waals surface area (Å²) >= 11 is 0. The van der Waals surface area contributed by atoms with Crippen molar-refractivity contribution in [3.8, 4) is 0 Å². The molecular weight excluding hydrogens is 221 g/mol. The van der Waals surface area contributed by atoms with Crippen LogP contribution in [0.5, 0.6) is 0 Å². The van der Waals surface area contributed by atoms with E-state index in [4.69, 9.17) is 4.42 Å². The van der Waals surface area contributed by atoms with Crippen molar-refractivity contribution >= 4 is 5.91 Å². The predicted octanol–water partition coefficient (Wildman–Crippen LogP) is 2.39. The summed E-state index contributed by atoms with van der Waals surface area (Å²) in [6.45, 7) is 0.451. The smallest absolute Gasteiger partial charge is 0.254 e. The van der Waals surface area contributed by atoms with Crippen LogP contribution in [-0.2, 0) is 6.42 Å². The number of halogens is 1. The molecule has 0 atom stereocenters. The summed E-state index contributed by atoms with van der Waals surface area (Å²) in [4.78, 5) is 11.6. The molecule has 0 aliphatic rings. The maximum atomic E-state index is 13.3. The summed E-state index contributed by atoms with van der Waals surface area (Å²) in [6, 6.07) is 7.74. The fraction of sp³-hybridized carbons (Fsp3) is 0.154. The van der Waals surface area contributed by atoms with Gasteiger partial charge in [0, 0.05) is 6.54 Å². The van der Waals surface area contributed by atoms with E-state index in [1.807, 2.05) is 6.07 Å². The zero-order chi connectivity index (χ0) is 12.1. The number of nitrogens with one attached hydrogen (secondary N) is 1. The Morgan fingerprint density at radius 1 is 1.29 bits per heavy atom. The van der Waals surface area contributed by atoms with Gasteiger partial charge in [0.15, 0.2) is 0 Å². The van der Waals surface area contributed by atoms with Gasteiger partial charge >= 0.3 is 0 Å². The van der Waals surface area contributed by atoms with Crippen molar-refractivity contribution in [3.63, 3.8) is 0 Å². The molecule has 0 unspecified atom stereocenters. The largest absolute Gasteiger partial charge is 0.472 e. The second-order valence-corrected chi connectivity index (χ2v) is 3.62. The maximum absolute atomic E-state index is 13.3. The van der Waals surface area contributed by atoms with Gasteiger partial charge in [0.1, 0.15) is 5.82 Å². The van der Waals surface area contributed by atoms with Crippen LogP contribution in [0.15, 0.2) is 47.3 Å². The highest BCUT2D eigenvalue weighted by Gasteiger charge is 2.09. The van der Waals surface area contributed by atoms with E-state index in [1.165, 1.54) is 12.1 Å². The van der Waals surface area contributed by atoms with Gasteiger partial charge in [-0.1, -0.05) is 12.1 Å². The lowest BCUT2D eigenvalue weighted by atomic mass is 10.2. The predicted molar refractivity (Wildman–Crippen MR) is 61.1 cm³/mol. The molecule has 0 spiro atoms. The molecule has 0 aliphatic heterocycles. The lowest BCUT2D eigenvalue weighted by Gasteiger charge is -2.04. The molecule has 0 bridgehead atoms. The van der Waals surface area contributed by atoms with Crippen molar-refractivity contribution in [1.82, 2.24) is 5.32 Å². The third kappa shape index (κ3) is 2.93. The van der Waals surface area contributed by atoms with Gasteiger partial charge < -0.3 is 9.73 Å². The molecule has 1 amide bonds. The summed E-state index contributed by atoms with van der Waals surface area (Å²) < 4.78 is 18.2. The molecule has 0 radical (unpaired) electrons. The Balaban J connectivity index is 1.88. The van der Waals surface area contributed by atoms with E-state index >= 15 is 0 Å². The summed E-state index contributed by atoms with van der Waals surface area (Å²) in [5, 5.41) is 2.66. The summed E-state index contributed by atoms with van der Waals surface area (Å²) in [7, 11) is 0. The van der Waals surface area contributed by atoms with Crippen LogP contribution in [0.25, 0.3) is 0 Å². The zero-order valence-corrected chi connectivity index (χ0v) is 9.15. The van der Waals surface area contributed by atoms with Gasteiger partial charge in [-0.3, -0.25) is 4.79 Å². The first-order valence-corrected chi connectivity index (χ1v) is 5.31. The second-order valence-electron chi connectivity index (χ2n) is 3.62. The number of benzene rings is 1. The first-order chi connectivity index (χ1) is 8.27. The average molecular weight is 233 g/mol. The second kappa shape index (κ2) is 5.30. The lowest BCUT2D eigenvalue weighted by molar-refractivity contribution is 0.0950. The van der Waals surface area contributed by atoms with E-state index < -0.39 is 11.7 Å². The highest BCUT2D eigenvalue weighted by molar-refractivity contribution is 5.94. The van der Waals surface area contributed by atoms with Gasteiger partial charge in [-0.15, -0.1) is 0 Å². The third-order valence-electron chi connectivity index (χ3n) is 2.40. The molecule has 17 heavy (non-hydrogen) atoms. The minimum atomic E-state index is -0.506. The van der Waals surface area contributed by atoms with Crippen LogP contribution in [0.4, 0.5) is 4.39 Å². The first kappa shape index (κ1) is 11.4. The Bertz CT molecular complexity index is 494. The van der Waals surface area contributed by atoms with Crippen LogP contribution in [0, 0.1) is 5.82 Å². The van der Waals surface area contributed by atoms with Gasteiger partial charge in [-0.25, -0.2) is 4.39 Å². The Morgan fingerprint density at radius 3 is 2.82 bits per heavy atom. The molecule has 0 saturated carbocycles. The van der Waals surface area contributed by atoms with Crippen molar-refractivity contribution < 1.29 is 13.6 Å². The zero-order valence-electron chi connectivity index (χ0n) is 9.15. The number of rotatable bonds is 4. The van der Waals surface area contributed by atoms with Crippen molar-refractivity contribution in [2.75, 3.05) is 6.54 Å². The molecule has 1 aromatic carbocycles. The first-order valence-electron chi connectivity index (χ1n) is 5.31. The van der Waals surface area contributed by atoms with Crippen LogP contribution in [0.2, 0.25) is 0 Å². The van der Waals surface area contributed by atoms with Crippen LogP contribution in [0.1, 0.15) is 15.9 Å². The number of hydrogen-bond donors (Lipinski definition) is 1. The van der Waals surface area contributed by atoms with Gasteiger partial charge in [0.2, 0.25) is 0 Å². The maximum Gasteiger partial charge on any atom is 0.254 e. The highest BCUT2D eigenvalue weighted by atomic mass is 19.1. The Labute approximate surface area is 98.3 Å². The van der Waals surface area contributed by atoms with Crippen LogP contribution < -0.4 is 5.32 Å². The fourth-order valence-electron chi connectivity index (χ4n) is 1.50. The average Bonchev–Trinajstić information content (AvgIpc) is 2.82. The number of furan rings is 1. The monoisotopic (exact) mass is 233 g/mol. The standard InChI is InChI=1S/C13H12FNO2/c14-12-4-2-1-3-11(12)13(16)15-7-5-10-6-8-17-9-10/h1-4,6,8-9H,5,7H2,(H,15,16). The van der Waals surface area contributed by atoms with Crippen LogP contribution >= 0.6 is 0 Å². The lowest BCUT2D eigenvalue weighted by Crippen LogP contribution is -2.26. The van der Waals surface area contributed by atoms with Crippen molar-refractivity contribution in [2.45, 2.75) is 6.42 Å². The minimum absolute atomic E-state index is 0.0692. The van der Waals surface area contributed by atoms with Gasteiger partial charge in [0.25, 0.3) is 5.91 Å². The van der Waals surface area contributed by atoms with E-state index in [0.29, 0.717) is 13.0 Å². The fourth-order valence-corrected chi connectivity index (χ4v) is 1.50. The van der Waals surface area contributed by atoms with E-state index in [2.05, 4.69) is 5.32 Å². The number of carbonyl (C=O) groups excluding carboxylic acids is 1. The van der Waals surface area contributed by atoms with Crippen molar-refractivity contribution in [1.29, 1.82) is 0 Å². The molecular formula is C13H12FNO2. The Kier molecular flexibility index (Phi) is 3.55. The van der Waals surface area contributed by atoms with Gasteiger partial charge in [-0.2, -0.15) is 0 Å². The third-order valence-corrected chi connectivity index (χ3v) is 2.40. The molecule has 4 heteroatoms. The number of amides is 1. The topological polar surface area (TPSA) is 42.2 Å². The van der Waals surface area contributed by atoms with Crippen molar-refractivity contribution in [3.05, 3.63) is 59.8 Å². The molecule has 0 aliphatic carbocycles. The number of hydrogen-bond acceptors (Lipinski definition) is 2. The summed E-state index contributed by atoms with van der Waals surface area (Å²) in [5.74, 6) is -0.903. The summed E-state index contributed by atoms with van der Waals surface area (Å²) in [5.41, 5.74) is 1.07. The van der Waals surface area contributed by atoms with E-state index in [1.54, 1.807) is 24.7 Å². The molecule has 2 rings (SSSR count). The Hall–Kier alpha value is -2.10. The molecule has 1 heterocycles. The van der Waals surface area contributed by atoms with Crippen LogP contribution in [-0.4, -0.2) is 12.5 Å². The molecule has 1 N–H and O–H groups in total. The van der Waals surface area contributed by atoms with Gasteiger partial charge in [0.05, 0.1) is 18.1 Å². The van der Waals surface area contributed by atoms with E-state index in [0.717, 1.165) is 5.56 Å². The number of carbonyl (C=O) groups is 1. The van der Waals surface area contributed by atoms with Crippen molar-refractivity contribution in [2.24, 2.45) is 0 Å².